The van der Waals surface area contributed by atoms with Crippen LogP contribution in [-0.2, 0) is 0 Å². The van der Waals surface area contributed by atoms with E-state index in [1.165, 1.54) is 12.5 Å². The molecule has 0 spiro atoms. The summed E-state index contributed by atoms with van der Waals surface area (Å²) in [6, 6.07) is 12.7. The number of aryl methyl sites for hydroxylation is 1. The highest BCUT2D eigenvalue weighted by molar-refractivity contribution is 5.86. The third-order valence-electron chi connectivity index (χ3n) is 4.74. The highest BCUT2D eigenvalue weighted by Gasteiger charge is 2.18. The predicted octanol–water partition coefficient (Wildman–Crippen LogP) is 4.27. The average molecular weight is 376 g/mol. The van der Waals surface area contributed by atoms with Crippen LogP contribution in [0, 0.1) is 18.7 Å². The maximum absolute atomic E-state index is 14.3. The van der Waals surface area contributed by atoms with E-state index in [9.17, 15) is 4.39 Å². The number of benzene rings is 2. The van der Waals surface area contributed by atoms with Crippen LogP contribution < -0.4 is 10.1 Å². The van der Waals surface area contributed by atoms with Gasteiger partial charge in [0.25, 0.3) is 0 Å². The molecule has 1 aromatic heterocycles. The summed E-state index contributed by atoms with van der Waals surface area (Å²) < 4.78 is 22.0. The standard InChI is InChI=1S/C20H22FN3O.ClH/c1-14-8-9-16-19(11-14)24(18-7-3-2-6-17(18)21)23-20(16)25-13-15-5-4-10-22-12-15;/h2-3,6-9,11,15,22H,4-5,10,12-13H2,1H3;1H. The molecule has 138 valence electrons. The van der Waals surface area contributed by atoms with Crippen LogP contribution in [0.4, 0.5) is 4.39 Å². The Kier molecular flexibility index (Phi) is 5.79. The van der Waals surface area contributed by atoms with Crippen molar-refractivity contribution < 1.29 is 9.13 Å². The lowest BCUT2D eigenvalue weighted by molar-refractivity contribution is 0.213. The molecule has 4 nitrogen and oxygen atoms in total. The lowest BCUT2D eigenvalue weighted by Crippen LogP contribution is -2.33. The summed E-state index contributed by atoms with van der Waals surface area (Å²) >= 11 is 0. The van der Waals surface area contributed by atoms with Gasteiger partial charge in [0, 0.05) is 12.5 Å². The van der Waals surface area contributed by atoms with Gasteiger partial charge in [0.1, 0.15) is 11.5 Å². The zero-order valence-electron chi connectivity index (χ0n) is 14.7. The third kappa shape index (κ3) is 3.69. The number of fused-ring (bicyclic) bond motifs is 1. The second-order valence-electron chi connectivity index (χ2n) is 6.71. The molecule has 3 aromatic rings. The first-order valence-corrected chi connectivity index (χ1v) is 8.80. The van der Waals surface area contributed by atoms with E-state index in [0.29, 0.717) is 24.1 Å². The lowest BCUT2D eigenvalue weighted by Gasteiger charge is -2.22. The molecule has 0 aliphatic carbocycles. The zero-order chi connectivity index (χ0) is 17.2. The highest BCUT2D eigenvalue weighted by atomic mass is 35.5. The van der Waals surface area contributed by atoms with Gasteiger partial charge in [0.2, 0.25) is 5.88 Å². The molecule has 26 heavy (non-hydrogen) atoms. The molecule has 1 aliphatic heterocycles. The number of ether oxygens (including phenoxy) is 1. The molecule has 1 unspecified atom stereocenters. The van der Waals surface area contributed by atoms with Crippen LogP contribution in [0.3, 0.4) is 0 Å². The van der Waals surface area contributed by atoms with Crippen LogP contribution in [0.25, 0.3) is 16.6 Å². The molecule has 4 rings (SSSR count). The van der Waals surface area contributed by atoms with Gasteiger partial charge in [0.15, 0.2) is 0 Å². The molecule has 1 aliphatic rings. The van der Waals surface area contributed by atoms with Crippen molar-refractivity contribution in [2.24, 2.45) is 5.92 Å². The van der Waals surface area contributed by atoms with Crippen molar-refractivity contribution in [2.45, 2.75) is 19.8 Å². The summed E-state index contributed by atoms with van der Waals surface area (Å²) in [5.74, 6) is 0.771. The molecule has 1 saturated heterocycles. The van der Waals surface area contributed by atoms with E-state index in [2.05, 4.69) is 10.4 Å². The van der Waals surface area contributed by atoms with Gasteiger partial charge in [-0.25, -0.2) is 9.07 Å². The van der Waals surface area contributed by atoms with Gasteiger partial charge in [-0.1, -0.05) is 18.2 Å². The van der Waals surface area contributed by atoms with Gasteiger partial charge < -0.3 is 10.1 Å². The van der Waals surface area contributed by atoms with E-state index < -0.39 is 0 Å². The molecule has 1 N–H and O–H groups in total. The molecular weight excluding hydrogens is 353 g/mol. The summed E-state index contributed by atoms with van der Waals surface area (Å²) in [7, 11) is 0. The molecule has 0 radical (unpaired) electrons. The van der Waals surface area contributed by atoms with E-state index in [-0.39, 0.29) is 18.2 Å². The van der Waals surface area contributed by atoms with Crippen LogP contribution in [-0.4, -0.2) is 29.5 Å². The normalized spacial score (nSPS) is 17.1. The number of nitrogens with zero attached hydrogens (tertiary/aromatic N) is 2. The minimum Gasteiger partial charge on any atom is -0.476 e. The van der Waals surface area contributed by atoms with E-state index in [1.54, 1.807) is 16.8 Å². The molecule has 0 saturated carbocycles. The number of rotatable bonds is 4. The van der Waals surface area contributed by atoms with Crippen LogP contribution in [0.1, 0.15) is 18.4 Å². The summed E-state index contributed by atoms with van der Waals surface area (Å²) in [6.07, 6.45) is 2.34. The first-order valence-electron chi connectivity index (χ1n) is 8.80. The summed E-state index contributed by atoms with van der Waals surface area (Å²) in [6.45, 7) is 4.71. The second-order valence-corrected chi connectivity index (χ2v) is 6.71. The van der Waals surface area contributed by atoms with E-state index in [4.69, 9.17) is 4.74 Å². The summed E-state index contributed by atoms with van der Waals surface area (Å²) in [5, 5.41) is 8.89. The van der Waals surface area contributed by atoms with Gasteiger partial charge in [-0.2, -0.15) is 0 Å². The Morgan fingerprint density at radius 3 is 2.88 bits per heavy atom. The maximum atomic E-state index is 14.3. The van der Waals surface area contributed by atoms with Crippen molar-refractivity contribution in [3.63, 3.8) is 0 Å². The van der Waals surface area contributed by atoms with Crippen molar-refractivity contribution in [3.8, 4) is 11.6 Å². The van der Waals surface area contributed by atoms with E-state index >= 15 is 0 Å². The van der Waals surface area contributed by atoms with Crippen molar-refractivity contribution in [3.05, 3.63) is 53.8 Å². The molecule has 1 atom stereocenters. The number of para-hydroxylation sites is 1. The Hall–Kier alpha value is -2.11. The predicted molar refractivity (Wildman–Crippen MR) is 104 cm³/mol. The molecule has 2 heterocycles. The van der Waals surface area contributed by atoms with E-state index in [1.807, 2.05) is 31.2 Å². The number of hydrogen-bond donors (Lipinski definition) is 1. The highest BCUT2D eigenvalue weighted by Crippen LogP contribution is 2.29. The fourth-order valence-electron chi connectivity index (χ4n) is 3.37. The number of aromatic nitrogens is 2. The Labute approximate surface area is 158 Å². The lowest BCUT2D eigenvalue weighted by atomic mass is 10.0. The Balaban J connectivity index is 0.00000196. The van der Waals surface area contributed by atoms with Gasteiger partial charge in [-0.05, 0) is 56.1 Å². The van der Waals surface area contributed by atoms with E-state index in [0.717, 1.165) is 36.0 Å². The van der Waals surface area contributed by atoms with Crippen LogP contribution in [0.5, 0.6) is 5.88 Å². The number of piperidine rings is 1. The summed E-state index contributed by atoms with van der Waals surface area (Å²) in [5.41, 5.74) is 2.40. The first-order chi connectivity index (χ1) is 12.2. The number of nitrogens with one attached hydrogen (secondary N) is 1. The average Bonchev–Trinajstić information content (AvgIpc) is 2.99. The molecule has 0 bridgehead atoms. The number of halogens is 2. The largest absolute Gasteiger partial charge is 0.476 e. The third-order valence-corrected chi connectivity index (χ3v) is 4.74. The maximum Gasteiger partial charge on any atom is 0.241 e. The van der Waals surface area contributed by atoms with Crippen LogP contribution in [0.2, 0.25) is 0 Å². The van der Waals surface area contributed by atoms with Crippen molar-refractivity contribution in [2.75, 3.05) is 19.7 Å². The molecule has 2 aromatic carbocycles. The van der Waals surface area contributed by atoms with Crippen molar-refractivity contribution >= 4 is 23.3 Å². The van der Waals surface area contributed by atoms with Gasteiger partial charge >= 0.3 is 0 Å². The minimum absolute atomic E-state index is 0. The van der Waals surface area contributed by atoms with Gasteiger partial charge in [-0.3, -0.25) is 0 Å². The SMILES string of the molecule is Cc1ccc2c(OCC3CCCNC3)nn(-c3ccccc3F)c2c1.Cl. The van der Waals surface area contributed by atoms with Gasteiger partial charge in [-0.15, -0.1) is 17.5 Å². The zero-order valence-corrected chi connectivity index (χ0v) is 15.6. The quantitative estimate of drug-likeness (QED) is 0.740. The van der Waals surface area contributed by atoms with Gasteiger partial charge in [0.05, 0.1) is 17.5 Å². The Bertz CT molecular complexity index is 890. The Morgan fingerprint density at radius 1 is 1.27 bits per heavy atom. The van der Waals surface area contributed by atoms with Crippen LogP contribution >= 0.6 is 12.4 Å². The Morgan fingerprint density at radius 2 is 2.12 bits per heavy atom. The summed E-state index contributed by atoms with van der Waals surface area (Å²) in [4.78, 5) is 0. The second kappa shape index (κ2) is 8.06. The molecule has 0 amide bonds. The fourth-order valence-corrected chi connectivity index (χ4v) is 3.37. The monoisotopic (exact) mass is 375 g/mol. The van der Waals surface area contributed by atoms with Crippen LogP contribution in [0.15, 0.2) is 42.5 Å². The van der Waals surface area contributed by atoms with Crippen molar-refractivity contribution in [1.29, 1.82) is 0 Å². The van der Waals surface area contributed by atoms with Crippen molar-refractivity contribution in [1.82, 2.24) is 15.1 Å². The molecule has 6 heteroatoms. The smallest absolute Gasteiger partial charge is 0.241 e. The fraction of sp³-hybridized carbons (Fsp3) is 0.350. The molecular formula is C20H23ClFN3O. The minimum atomic E-state index is -0.295. The molecule has 1 fully saturated rings. The first kappa shape index (κ1) is 18.7. The topological polar surface area (TPSA) is 39.1 Å². The number of hydrogen-bond acceptors (Lipinski definition) is 3.